The van der Waals surface area contributed by atoms with Gasteiger partial charge in [-0.25, -0.2) is 9.78 Å². The molecule has 0 aromatic carbocycles. The van der Waals surface area contributed by atoms with Crippen LogP contribution in [0.2, 0.25) is 0 Å². The summed E-state index contributed by atoms with van der Waals surface area (Å²) in [6.07, 6.45) is 0. The van der Waals surface area contributed by atoms with Crippen molar-refractivity contribution in [2.45, 2.75) is 17.8 Å². The van der Waals surface area contributed by atoms with Gasteiger partial charge < -0.3 is 21.4 Å². The minimum atomic E-state index is -1.96. The summed E-state index contributed by atoms with van der Waals surface area (Å²) in [4.78, 5) is 46.9. The number of oxime groups is 1. The zero-order chi connectivity index (χ0) is 19.2. The van der Waals surface area contributed by atoms with Crippen LogP contribution in [0, 0.1) is 0 Å². The molecular weight excluding hydrogens is 382 g/mol. The van der Waals surface area contributed by atoms with E-state index < -0.39 is 28.6 Å². The quantitative estimate of drug-likeness (QED) is 0.260. The number of amides is 1. The third-order valence-electron chi connectivity index (χ3n) is 4.04. The van der Waals surface area contributed by atoms with Crippen molar-refractivity contribution < 1.29 is 24.3 Å². The second kappa shape index (κ2) is 6.37. The van der Waals surface area contributed by atoms with Crippen LogP contribution in [0.3, 0.4) is 0 Å². The molecule has 2 aliphatic rings. The number of carbonyl (C=O) groups excluding carboxylic acids is 2. The number of β-lactam (4-membered cyclic amide) rings is 1. The zero-order valence-corrected chi connectivity index (χ0v) is 15.4. The van der Waals surface area contributed by atoms with E-state index in [1.165, 1.54) is 24.3 Å². The fourth-order valence-electron chi connectivity index (χ4n) is 2.83. The van der Waals surface area contributed by atoms with Gasteiger partial charge in [0, 0.05) is 11.1 Å². The summed E-state index contributed by atoms with van der Waals surface area (Å²) in [5.74, 6) is -2.51. The topological polar surface area (TPSA) is 161 Å². The Kier molecular flexibility index (Phi) is 4.50. The molecule has 5 N–H and O–H groups in total. The summed E-state index contributed by atoms with van der Waals surface area (Å²) in [5.41, 5.74) is 10.1. The molecule has 0 bridgehead atoms. The maximum absolute atomic E-state index is 13.0. The van der Waals surface area contributed by atoms with E-state index in [0.717, 1.165) is 16.2 Å². The van der Waals surface area contributed by atoms with Crippen LogP contribution in [0.5, 0.6) is 0 Å². The predicted molar refractivity (Wildman–Crippen MR) is 95.4 cm³/mol. The van der Waals surface area contributed by atoms with E-state index in [4.69, 9.17) is 16.3 Å². The Balaban J connectivity index is 1.99. The number of nitrogens with two attached hydrogens (primary N) is 2. The third-order valence-corrected chi connectivity index (χ3v) is 6.21. The number of rotatable bonds is 5. The molecule has 0 aliphatic carbocycles. The average Bonchev–Trinajstić information content (AvgIpc) is 3.03. The van der Waals surface area contributed by atoms with E-state index in [1.807, 2.05) is 0 Å². The van der Waals surface area contributed by atoms with Crippen molar-refractivity contribution in [3.05, 3.63) is 22.3 Å². The molecule has 26 heavy (non-hydrogen) atoms. The molecule has 0 saturated carbocycles. The van der Waals surface area contributed by atoms with Crippen molar-refractivity contribution >= 4 is 51.6 Å². The molecule has 2 aliphatic heterocycles. The van der Waals surface area contributed by atoms with Gasteiger partial charge in [0.15, 0.2) is 16.4 Å². The molecule has 1 saturated heterocycles. The smallest absolute Gasteiger partial charge is 0.352 e. The molecule has 0 radical (unpaired) electrons. The molecular formula is C14H15N5O5S2. The third kappa shape index (κ3) is 2.48. The molecule has 1 aromatic heterocycles. The van der Waals surface area contributed by atoms with E-state index in [1.54, 1.807) is 6.92 Å². The van der Waals surface area contributed by atoms with Crippen molar-refractivity contribution in [2.75, 3.05) is 18.6 Å². The summed E-state index contributed by atoms with van der Waals surface area (Å²) >= 11 is 2.31. The number of anilines is 1. The number of nitrogen functional groups attached to an aromatic ring is 1. The second-order valence-electron chi connectivity index (χ2n) is 5.66. The molecule has 1 unspecified atom stereocenters. The molecule has 1 amide bonds. The molecule has 1 fully saturated rings. The number of aliphatic carboxylic acids is 1. The zero-order valence-electron chi connectivity index (χ0n) is 13.8. The Bertz CT molecular complexity index is 879. The number of thioether (sulfide) groups is 1. The van der Waals surface area contributed by atoms with Crippen LogP contribution in [0.15, 0.2) is 21.8 Å². The number of carbonyl (C=O) groups is 3. The van der Waals surface area contributed by atoms with Crippen LogP contribution in [0.25, 0.3) is 0 Å². The Labute approximate surface area is 155 Å². The molecule has 0 spiro atoms. The van der Waals surface area contributed by atoms with Gasteiger partial charge in [0.1, 0.15) is 23.9 Å². The van der Waals surface area contributed by atoms with Crippen molar-refractivity contribution in [3.8, 4) is 0 Å². The highest BCUT2D eigenvalue weighted by atomic mass is 32.2. The average molecular weight is 397 g/mol. The van der Waals surface area contributed by atoms with Crippen LogP contribution in [0.1, 0.15) is 12.6 Å². The fourth-order valence-corrected chi connectivity index (χ4v) is 4.75. The number of carboxylic acids is 1. The van der Waals surface area contributed by atoms with Crippen molar-refractivity contribution in [2.24, 2.45) is 10.9 Å². The number of hydrogen-bond donors (Lipinski definition) is 3. The normalized spacial score (nSPS) is 25.7. The first kappa shape index (κ1) is 18.4. The Morgan fingerprint density at radius 1 is 1.54 bits per heavy atom. The molecule has 3 rings (SSSR count). The lowest BCUT2D eigenvalue weighted by Gasteiger charge is -2.54. The van der Waals surface area contributed by atoms with Gasteiger partial charge in [-0.3, -0.25) is 14.5 Å². The number of Topliss-reactive ketones (excluding diaryl/α,β-unsaturated/α-hetero) is 1. The van der Waals surface area contributed by atoms with E-state index >= 15 is 0 Å². The summed E-state index contributed by atoms with van der Waals surface area (Å²) in [7, 11) is 1.24. The standard InChI is InChI=1S/C14H15N5O5S2/c1-5-3-25-12-14(16,11(23)19(12)8(5)10(21)22)9(20)7(18-24-2)6-4-26-13(15)17-6/h4,12H,3,16H2,1-2H3,(H2,15,17)(H,21,22)/t12-,14?/m0/s1. The van der Waals surface area contributed by atoms with Crippen LogP contribution in [0.4, 0.5) is 5.13 Å². The molecule has 3 heterocycles. The fraction of sp³-hybridized carbons (Fsp3) is 0.357. The number of aromatic nitrogens is 1. The summed E-state index contributed by atoms with van der Waals surface area (Å²) in [6.45, 7) is 1.62. The SMILES string of the molecule is CON=C(C(=O)C1(N)C(=O)N2C(C(=O)O)=C(C)CS[C@H]21)c1csc(N)n1. The lowest BCUT2D eigenvalue weighted by atomic mass is 9.81. The maximum Gasteiger partial charge on any atom is 0.352 e. The van der Waals surface area contributed by atoms with Crippen molar-refractivity contribution in [3.63, 3.8) is 0 Å². The first-order valence-electron chi connectivity index (χ1n) is 7.28. The van der Waals surface area contributed by atoms with Crippen LogP contribution < -0.4 is 11.5 Å². The van der Waals surface area contributed by atoms with Gasteiger partial charge in [-0.05, 0) is 12.5 Å². The van der Waals surface area contributed by atoms with Gasteiger partial charge in [-0.15, -0.1) is 23.1 Å². The molecule has 12 heteroatoms. The van der Waals surface area contributed by atoms with E-state index in [2.05, 4.69) is 10.1 Å². The minimum absolute atomic E-state index is 0.140. The van der Waals surface area contributed by atoms with Gasteiger partial charge in [0.2, 0.25) is 5.78 Å². The van der Waals surface area contributed by atoms with Crippen LogP contribution >= 0.6 is 23.1 Å². The van der Waals surface area contributed by atoms with E-state index in [0.29, 0.717) is 11.3 Å². The predicted octanol–water partition coefficient (Wildman–Crippen LogP) is -0.384. The first-order valence-corrected chi connectivity index (χ1v) is 9.20. The van der Waals surface area contributed by atoms with Gasteiger partial charge >= 0.3 is 5.97 Å². The number of carboxylic acid groups (broad SMARTS) is 1. The van der Waals surface area contributed by atoms with E-state index in [9.17, 15) is 19.5 Å². The highest BCUT2D eigenvalue weighted by Gasteiger charge is 2.67. The number of thiazole rings is 1. The van der Waals surface area contributed by atoms with Crippen molar-refractivity contribution in [1.82, 2.24) is 9.88 Å². The monoisotopic (exact) mass is 397 g/mol. The number of ketones is 1. The van der Waals surface area contributed by atoms with E-state index in [-0.39, 0.29) is 22.2 Å². The van der Waals surface area contributed by atoms with Crippen molar-refractivity contribution in [1.29, 1.82) is 0 Å². The molecule has 10 nitrogen and oxygen atoms in total. The van der Waals surface area contributed by atoms with Crippen LogP contribution in [-0.4, -0.2) is 62.1 Å². The van der Waals surface area contributed by atoms with Crippen LogP contribution in [-0.2, 0) is 19.2 Å². The van der Waals surface area contributed by atoms with Gasteiger partial charge in [-0.2, -0.15) is 0 Å². The first-order chi connectivity index (χ1) is 12.2. The largest absolute Gasteiger partial charge is 0.477 e. The Morgan fingerprint density at radius 2 is 2.23 bits per heavy atom. The second-order valence-corrected chi connectivity index (χ2v) is 7.62. The number of nitrogens with zero attached hydrogens (tertiary/aromatic N) is 3. The molecule has 138 valence electrons. The summed E-state index contributed by atoms with van der Waals surface area (Å²) in [5, 5.41) is 13.9. The molecule has 1 aromatic rings. The van der Waals surface area contributed by atoms with Gasteiger partial charge in [0.05, 0.1) is 0 Å². The summed E-state index contributed by atoms with van der Waals surface area (Å²) < 4.78 is 0. The van der Waals surface area contributed by atoms with Gasteiger partial charge in [0.25, 0.3) is 5.91 Å². The Hall–Kier alpha value is -2.44. The highest BCUT2D eigenvalue weighted by Crippen LogP contribution is 2.45. The van der Waals surface area contributed by atoms with Gasteiger partial charge in [-0.1, -0.05) is 5.16 Å². The number of hydrogen-bond acceptors (Lipinski definition) is 10. The maximum atomic E-state index is 13.0. The lowest BCUT2D eigenvalue weighted by molar-refractivity contribution is -0.157. The number of fused-ring (bicyclic) bond motifs is 1. The summed E-state index contributed by atoms with van der Waals surface area (Å²) in [6, 6.07) is 0. The minimum Gasteiger partial charge on any atom is -0.477 e. The Morgan fingerprint density at radius 3 is 2.77 bits per heavy atom. The molecule has 2 atom stereocenters. The lowest BCUT2D eigenvalue weighted by Crippen LogP contribution is -2.82. The highest BCUT2D eigenvalue weighted by molar-refractivity contribution is 8.00.